The maximum Gasteiger partial charge on any atom is 0.115 e. The van der Waals surface area contributed by atoms with Gasteiger partial charge in [0.05, 0.1) is 12.2 Å². The normalized spacial score (nSPS) is 10.1. The lowest BCUT2D eigenvalue weighted by Crippen LogP contribution is -2.01. The molecule has 3 nitrogen and oxygen atoms in total. The summed E-state index contributed by atoms with van der Waals surface area (Å²) in [5.41, 5.74) is 3.29. The second-order valence-electron chi connectivity index (χ2n) is 3.57. The standard InChI is InChI=1S/C12H12BrN3/c1-9-4-10(13)6-12(5-9)15-7-11-2-3-14-8-16-11/h2-6,8,15H,7H2,1H3. The average Bonchev–Trinajstić information content (AvgIpc) is 2.27. The number of hydrogen-bond donors (Lipinski definition) is 1. The van der Waals surface area contributed by atoms with Gasteiger partial charge in [0.15, 0.2) is 0 Å². The Kier molecular flexibility index (Phi) is 3.51. The van der Waals surface area contributed by atoms with Gasteiger partial charge in [-0.3, -0.25) is 0 Å². The Morgan fingerprint density at radius 3 is 2.88 bits per heavy atom. The van der Waals surface area contributed by atoms with Crippen LogP contribution in [0.1, 0.15) is 11.3 Å². The number of aryl methyl sites for hydroxylation is 1. The van der Waals surface area contributed by atoms with Crippen molar-refractivity contribution in [2.75, 3.05) is 5.32 Å². The van der Waals surface area contributed by atoms with E-state index in [9.17, 15) is 0 Å². The van der Waals surface area contributed by atoms with Crippen LogP contribution >= 0.6 is 15.9 Å². The van der Waals surface area contributed by atoms with Gasteiger partial charge in [0.2, 0.25) is 0 Å². The molecule has 2 rings (SSSR count). The van der Waals surface area contributed by atoms with Crippen molar-refractivity contribution >= 4 is 21.6 Å². The molecule has 0 unspecified atom stereocenters. The van der Waals surface area contributed by atoms with Crippen LogP contribution in [0, 0.1) is 6.92 Å². The van der Waals surface area contributed by atoms with Gasteiger partial charge in [0, 0.05) is 16.4 Å². The highest BCUT2D eigenvalue weighted by Crippen LogP contribution is 2.19. The Labute approximate surface area is 103 Å². The molecule has 1 N–H and O–H groups in total. The van der Waals surface area contributed by atoms with Crippen molar-refractivity contribution < 1.29 is 0 Å². The number of nitrogens with zero attached hydrogens (tertiary/aromatic N) is 2. The first-order valence-electron chi connectivity index (χ1n) is 5.00. The fraction of sp³-hybridized carbons (Fsp3) is 0.167. The van der Waals surface area contributed by atoms with Gasteiger partial charge in [-0.2, -0.15) is 0 Å². The van der Waals surface area contributed by atoms with Gasteiger partial charge in [-0.15, -0.1) is 0 Å². The van der Waals surface area contributed by atoms with Crippen LogP contribution in [0.25, 0.3) is 0 Å². The minimum atomic E-state index is 0.707. The third-order valence-corrected chi connectivity index (χ3v) is 2.62. The summed E-state index contributed by atoms with van der Waals surface area (Å²) in [6.07, 6.45) is 3.30. The number of aromatic nitrogens is 2. The van der Waals surface area contributed by atoms with E-state index in [1.807, 2.05) is 12.1 Å². The molecular formula is C12H12BrN3. The Hall–Kier alpha value is -1.42. The molecule has 0 saturated heterocycles. The zero-order valence-corrected chi connectivity index (χ0v) is 10.5. The van der Waals surface area contributed by atoms with Crippen molar-refractivity contribution in [2.24, 2.45) is 0 Å². The van der Waals surface area contributed by atoms with E-state index in [4.69, 9.17) is 0 Å². The van der Waals surface area contributed by atoms with E-state index in [0.29, 0.717) is 6.54 Å². The first-order valence-corrected chi connectivity index (χ1v) is 5.79. The molecule has 0 aliphatic heterocycles. The Morgan fingerprint density at radius 2 is 2.19 bits per heavy atom. The van der Waals surface area contributed by atoms with Crippen LogP contribution < -0.4 is 5.32 Å². The highest BCUT2D eigenvalue weighted by atomic mass is 79.9. The molecule has 0 aliphatic rings. The SMILES string of the molecule is Cc1cc(Br)cc(NCc2ccncn2)c1. The first-order chi connectivity index (χ1) is 7.74. The highest BCUT2D eigenvalue weighted by Gasteiger charge is 1.97. The van der Waals surface area contributed by atoms with Gasteiger partial charge in [-0.05, 0) is 36.8 Å². The van der Waals surface area contributed by atoms with Crippen LogP contribution in [0.15, 0.2) is 41.3 Å². The zero-order chi connectivity index (χ0) is 11.4. The van der Waals surface area contributed by atoms with E-state index >= 15 is 0 Å². The summed E-state index contributed by atoms with van der Waals surface area (Å²) in [5, 5.41) is 3.32. The maximum atomic E-state index is 4.15. The molecule has 0 bridgehead atoms. The Balaban J connectivity index is 2.05. The van der Waals surface area contributed by atoms with Crippen LogP contribution in [-0.4, -0.2) is 9.97 Å². The third-order valence-electron chi connectivity index (χ3n) is 2.16. The predicted octanol–water partition coefficient (Wildman–Crippen LogP) is 3.16. The summed E-state index contributed by atoms with van der Waals surface area (Å²) < 4.78 is 1.08. The number of hydrogen-bond acceptors (Lipinski definition) is 3. The van der Waals surface area contributed by atoms with Crippen molar-refractivity contribution in [1.29, 1.82) is 0 Å². The van der Waals surface area contributed by atoms with Crippen LogP contribution in [0.2, 0.25) is 0 Å². The summed E-state index contributed by atoms with van der Waals surface area (Å²) in [4.78, 5) is 8.04. The second kappa shape index (κ2) is 5.07. The van der Waals surface area contributed by atoms with Crippen molar-refractivity contribution in [3.8, 4) is 0 Å². The smallest absolute Gasteiger partial charge is 0.115 e. The molecule has 82 valence electrons. The topological polar surface area (TPSA) is 37.8 Å². The first kappa shape index (κ1) is 11.1. The quantitative estimate of drug-likeness (QED) is 0.937. The molecule has 0 fully saturated rings. The molecule has 2 aromatic rings. The van der Waals surface area contributed by atoms with E-state index < -0.39 is 0 Å². The monoisotopic (exact) mass is 277 g/mol. The van der Waals surface area contributed by atoms with Crippen molar-refractivity contribution in [1.82, 2.24) is 9.97 Å². The van der Waals surface area contributed by atoms with Gasteiger partial charge in [0.25, 0.3) is 0 Å². The number of nitrogens with one attached hydrogen (secondary N) is 1. The minimum Gasteiger partial charge on any atom is -0.379 e. The van der Waals surface area contributed by atoms with Crippen LogP contribution in [0.4, 0.5) is 5.69 Å². The minimum absolute atomic E-state index is 0.707. The lowest BCUT2D eigenvalue weighted by molar-refractivity contribution is 1.01. The Morgan fingerprint density at radius 1 is 1.31 bits per heavy atom. The number of halogens is 1. The zero-order valence-electron chi connectivity index (χ0n) is 8.94. The van der Waals surface area contributed by atoms with Gasteiger partial charge in [-0.1, -0.05) is 15.9 Å². The lowest BCUT2D eigenvalue weighted by Gasteiger charge is -2.07. The third kappa shape index (κ3) is 3.03. The molecule has 0 aliphatic carbocycles. The van der Waals surface area contributed by atoms with Crippen LogP contribution in [0.5, 0.6) is 0 Å². The molecule has 16 heavy (non-hydrogen) atoms. The summed E-state index contributed by atoms with van der Waals surface area (Å²) in [7, 11) is 0. The molecule has 0 radical (unpaired) electrons. The predicted molar refractivity (Wildman–Crippen MR) is 68.2 cm³/mol. The molecule has 0 spiro atoms. The van der Waals surface area contributed by atoms with Gasteiger partial charge in [-0.25, -0.2) is 9.97 Å². The summed E-state index contributed by atoms with van der Waals surface area (Å²) in [6.45, 7) is 2.78. The summed E-state index contributed by atoms with van der Waals surface area (Å²) >= 11 is 3.47. The summed E-state index contributed by atoms with van der Waals surface area (Å²) in [5.74, 6) is 0. The van der Waals surface area contributed by atoms with Crippen molar-refractivity contribution in [3.63, 3.8) is 0 Å². The van der Waals surface area contributed by atoms with E-state index in [0.717, 1.165) is 15.9 Å². The molecular weight excluding hydrogens is 266 g/mol. The van der Waals surface area contributed by atoms with Gasteiger partial charge >= 0.3 is 0 Å². The highest BCUT2D eigenvalue weighted by molar-refractivity contribution is 9.10. The Bertz CT molecular complexity index is 451. The van der Waals surface area contributed by atoms with Gasteiger partial charge in [0.1, 0.15) is 6.33 Å². The molecule has 0 amide bonds. The largest absolute Gasteiger partial charge is 0.379 e. The number of anilines is 1. The second-order valence-corrected chi connectivity index (χ2v) is 4.49. The van der Waals surface area contributed by atoms with E-state index in [1.165, 1.54) is 5.56 Å². The molecule has 0 saturated carbocycles. The molecule has 0 atom stereocenters. The number of rotatable bonds is 3. The van der Waals surface area contributed by atoms with Crippen LogP contribution in [0.3, 0.4) is 0 Å². The fourth-order valence-corrected chi connectivity index (χ4v) is 2.06. The molecule has 1 aromatic heterocycles. The van der Waals surface area contributed by atoms with Gasteiger partial charge < -0.3 is 5.32 Å². The average molecular weight is 278 g/mol. The number of benzene rings is 1. The molecule has 4 heteroatoms. The lowest BCUT2D eigenvalue weighted by atomic mass is 10.2. The van der Waals surface area contributed by atoms with Crippen molar-refractivity contribution in [2.45, 2.75) is 13.5 Å². The van der Waals surface area contributed by atoms with Crippen LogP contribution in [-0.2, 0) is 6.54 Å². The van der Waals surface area contributed by atoms with E-state index in [2.05, 4.69) is 50.3 Å². The van der Waals surface area contributed by atoms with E-state index in [-0.39, 0.29) is 0 Å². The van der Waals surface area contributed by atoms with E-state index in [1.54, 1.807) is 12.5 Å². The molecule has 1 aromatic carbocycles. The van der Waals surface area contributed by atoms with Crippen molar-refractivity contribution in [3.05, 3.63) is 52.5 Å². The summed E-state index contributed by atoms with van der Waals surface area (Å²) in [6, 6.07) is 8.13. The fourth-order valence-electron chi connectivity index (χ4n) is 1.45. The maximum absolute atomic E-state index is 4.15. The molecule has 1 heterocycles.